The maximum absolute atomic E-state index is 13.0. The second-order valence-electron chi connectivity index (χ2n) is 8.43. The van der Waals surface area contributed by atoms with E-state index in [-0.39, 0.29) is 23.0 Å². The number of rotatable bonds is 7. The number of pyridine rings is 1. The first-order chi connectivity index (χ1) is 17.9. The SMILES string of the molecule is Cc1nnc(-c2ccc(Oc3cc(OC4CCN(C)C4=O)cc(C(=O)Nc4ncccc4O)c3)cc2)o1. The molecule has 37 heavy (non-hydrogen) atoms. The summed E-state index contributed by atoms with van der Waals surface area (Å²) in [7, 11) is 1.71. The molecule has 1 unspecified atom stereocenters. The highest BCUT2D eigenvalue weighted by Gasteiger charge is 2.31. The summed E-state index contributed by atoms with van der Waals surface area (Å²) in [4.78, 5) is 31.0. The lowest BCUT2D eigenvalue weighted by Crippen LogP contribution is -2.29. The van der Waals surface area contributed by atoms with Gasteiger partial charge < -0.3 is 29.2 Å². The van der Waals surface area contributed by atoms with Gasteiger partial charge in [0.15, 0.2) is 17.7 Å². The average molecular weight is 501 g/mol. The normalized spacial score (nSPS) is 15.0. The van der Waals surface area contributed by atoms with E-state index in [2.05, 4.69) is 20.5 Å². The predicted molar refractivity (Wildman–Crippen MR) is 132 cm³/mol. The van der Waals surface area contributed by atoms with Crippen LogP contribution in [0.15, 0.2) is 65.2 Å². The van der Waals surface area contributed by atoms with Crippen LogP contribution in [0.5, 0.6) is 23.0 Å². The van der Waals surface area contributed by atoms with Crippen LogP contribution in [-0.4, -0.2) is 56.7 Å². The Kier molecular flexibility index (Phi) is 6.42. The van der Waals surface area contributed by atoms with Crippen LogP contribution in [-0.2, 0) is 4.79 Å². The number of carbonyl (C=O) groups excluding carboxylic acids is 2. The summed E-state index contributed by atoms with van der Waals surface area (Å²) in [5, 5.41) is 20.4. The van der Waals surface area contributed by atoms with E-state index in [0.29, 0.717) is 42.0 Å². The molecule has 11 heteroatoms. The number of nitrogens with one attached hydrogen (secondary N) is 1. The summed E-state index contributed by atoms with van der Waals surface area (Å²) in [5.41, 5.74) is 0.915. The van der Waals surface area contributed by atoms with E-state index in [1.807, 2.05) is 0 Å². The summed E-state index contributed by atoms with van der Waals surface area (Å²) < 4.78 is 17.4. The molecule has 3 heterocycles. The molecule has 4 aromatic rings. The summed E-state index contributed by atoms with van der Waals surface area (Å²) >= 11 is 0. The maximum Gasteiger partial charge on any atom is 0.263 e. The minimum Gasteiger partial charge on any atom is -0.504 e. The molecule has 0 aliphatic carbocycles. The Morgan fingerprint density at radius 2 is 1.89 bits per heavy atom. The van der Waals surface area contributed by atoms with Gasteiger partial charge in [-0.25, -0.2) is 4.98 Å². The van der Waals surface area contributed by atoms with E-state index in [1.54, 1.807) is 55.3 Å². The number of likely N-dealkylation sites (N-methyl/N-ethyl adjacent to an activating group) is 1. The lowest BCUT2D eigenvalue weighted by atomic mass is 10.1. The number of anilines is 1. The van der Waals surface area contributed by atoms with Crippen molar-refractivity contribution in [2.45, 2.75) is 19.4 Å². The number of nitrogens with zero attached hydrogens (tertiary/aromatic N) is 4. The van der Waals surface area contributed by atoms with Gasteiger partial charge in [-0.15, -0.1) is 10.2 Å². The zero-order valence-corrected chi connectivity index (χ0v) is 20.0. The highest BCUT2D eigenvalue weighted by atomic mass is 16.5. The van der Waals surface area contributed by atoms with Gasteiger partial charge in [0.1, 0.15) is 17.2 Å². The molecule has 1 saturated heterocycles. The molecule has 2 amide bonds. The third-order valence-corrected chi connectivity index (χ3v) is 5.68. The zero-order chi connectivity index (χ0) is 25.9. The number of ether oxygens (including phenoxy) is 2. The highest BCUT2D eigenvalue weighted by molar-refractivity contribution is 6.05. The molecule has 1 atom stereocenters. The van der Waals surface area contributed by atoms with Gasteiger partial charge in [-0.3, -0.25) is 9.59 Å². The number of aryl methyl sites for hydroxylation is 1. The van der Waals surface area contributed by atoms with Gasteiger partial charge in [-0.1, -0.05) is 0 Å². The van der Waals surface area contributed by atoms with Crippen molar-refractivity contribution in [3.05, 3.63) is 72.2 Å². The Morgan fingerprint density at radius 3 is 2.57 bits per heavy atom. The monoisotopic (exact) mass is 501 g/mol. The van der Waals surface area contributed by atoms with Gasteiger partial charge >= 0.3 is 0 Å². The highest BCUT2D eigenvalue weighted by Crippen LogP contribution is 2.31. The number of hydrogen-bond acceptors (Lipinski definition) is 9. The van der Waals surface area contributed by atoms with Crippen molar-refractivity contribution in [3.63, 3.8) is 0 Å². The third kappa shape index (κ3) is 5.35. The summed E-state index contributed by atoms with van der Waals surface area (Å²) in [6.45, 7) is 2.29. The third-order valence-electron chi connectivity index (χ3n) is 5.68. The van der Waals surface area contributed by atoms with Crippen molar-refractivity contribution in [2.75, 3.05) is 18.9 Å². The summed E-state index contributed by atoms with van der Waals surface area (Å²) in [5.74, 6) is 1.11. The minimum atomic E-state index is -0.659. The van der Waals surface area contributed by atoms with E-state index < -0.39 is 12.0 Å². The van der Waals surface area contributed by atoms with E-state index in [0.717, 1.165) is 5.56 Å². The van der Waals surface area contributed by atoms with E-state index in [9.17, 15) is 14.7 Å². The van der Waals surface area contributed by atoms with Crippen molar-refractivity contribution in [2.24, 2.45) is 0 Å². The van der Waals surface area contributed by atoms with Gasteiger partial charge in [0.25, 0.3) is 11.8 Å². The molecule has 2 aromatic heterocycles. The van der Waals surface area contributed by atoms with Gasteiger partial charge in [0, 0.05) is 50.3 Å². The smallest absolute Gasteiger partial charge is 0.263 e. The molecule has 1 aliphatic rings. The quantitative estimate of drug-likeness (QED) is 0.387. The van der Waals surface area contributed by atoms with Gasteiger partial charge in [-0.05, 0) is 48.5 Å². The minimum absolute atomic E-state index is 0.0146. The Labute approximate surface area is 211 Å². The van der Waals surface area contributed by atoms with Crippen molar-refractivity contribution < 1.29 is 28.6 Å². The van der Waals surface area contributed by atoms with Crippen molar-refractivity contribution in [1.82, 2.24) is 20.1 Å². The first-order valence-corrected chi connectivity index (χ1v) is 11.5. The number of aromatic hydroxyl groups is 1. The molecule has 2 aromatic carbocycles. The van der Waals surface area contributed by atoms with Crippen LogP contribution in [0.4, 0.5) is 5.82 Å². The Hall–Kier alpha value is -4.93. The number of aromatic nitrogens is 3. The van der Waals surface area contributed by atoms with Crippen LogP contribution in [0.1, 0.15) is 22.7 Å². The largest absolute Gasteiger partial charge is 0.504 e. The second-order valence-corrected chi connectivity index (χ2v) is 8.43. The van der Waals surface area contributed by atoms with E-state index >= 15 is 0 Å². The Balaban J connectivity index is 1.41. The summed E-state index contributed by atoms with van der Waals surface area (Å²) in [6.07, 6.45) is 1.32. The predicted octanol–water partition coefficient (Wildman–Crippen LogP) is 3.80. The van der Waals surface area contributed by atoms with Crippen LogP contribution >= 0.6 is 0 Å². The van der Waals surface area contributed by atoms with Crippen molar-refractivity contribution >= 4 is 17.6 Å². The Morgan fingerprint density at radius 1 is 1.11 bits per heavy atom. The fourth-order valence-electron chi connectivity index (χ4n) is 3.78. The molecular weight excluding hydrogens is 478 g/mol. The van der Waals surface area contributed by atoms with Gasteiger partial charge in [-0.2, -0.15) is 0 Å². The van der Waals surface area contributed by atoms with E-state index in [4.69, 9.17) is 13.9 Å². The number of likely N-dealkylation sites (tertiary alicyclic amines) is 1. The summed E-state index contributed by atoms with van der Waals surface area (Å²) in [6, 6.07) is 14.6. The number of carbonyl (C=O) groups is 2. The number of hydrogen-bond donors (Lipinski definition) is 2. The maximum atomic E-state index is 13.0. The van der Waals surface area contributed by atoms with Gasteiger partial charge in [0.05, 0.1) is 0 Å². The Bertz CT molecular complexity index is 1450. The standard InChI is InChI=1S/C26H23N5O6/c1-15-29-30-25(35-15)16-5-7-18(8-6-16)36-19-12-17(24(33)28-23-21(32)4-3-10-27-23)13-20(14-19)37-22-9-11-31(2)26(22)34/h3-8,10,12-14,22,32H,9,11H2,1-2H3,(H,27,28,33). The van der Waals surface area contributed by atoms with E-state index in [1.165, 1.54) is 24.4 Å². The van der Waals surface area contributed by atoms with Crippen LogP contribution < -0.4 is 14.8 Å². The molecule has 1 aliphatic heterocycles. The lowest BCUT2D eigenvalue weighted by molar-refractivity contribution is -0.132. The van der Waals surface area contributed by atoms with Crippen LogP contribution in [0.3, 0.4) is 0 Å². The molecule has 5 rings (SSSR count). The van der Waals surface area contributed by atoms with Crippen molar-refractivity contribution in [1.29, 1.82) is 0 Å². The zero-order valence-electron chi connectivity index (χ0n) is 20.0. The lowest BCUT2D eigenvalue weighted by Gasteiger charge is -2.16. The van der Waals surface area contributed by atoms with Crippen LogP contribution in [0, 0.1) is 6.92 Å². The molecule has 0 radical (unpaired) electrons. The molecule has 11 nitrogen and oxygen atoms in total. The molecule has 0 saturated carbocycles. The molecule has 1 fully saturated rings. The fraction of sp³-hybridized carbons (Fsp3) is 0.192. The fourth-order valence-corrected chi connectivity index (χ4v) is 3.78. The molecule has 0 spiro atoms. The van der Waals surface area contributed by atoms with Crippen LogP contribution in [0.25, 0.3) is 11.5 Å². The topological polar surface area (TPSA) is 140 Å². The first kappa shape index (κ1) is 23.8. The van der Waals surface area contributed by atoms with Gasteiger partial charge in [0.2, 0.25) is 11.8 Å². The van der Waals surface area contributed by atoms with Crippen molar-refractivity contribution in [3.8, 4) is 34.5 Å². The number of amides is 2. The second kappa shape index (κ2) is 9.97. The number of benzene rings is 2. The molecule has 0 bridgehead atoms. The average Bonchev–Trinajstić information content (AvgIpc) is 3.46. The van der Waals surface area contributed by atoms with Crippen LogP contribution in [0.2, 0.25) is 0 Å². The molecular formula is C26H23N5O6. The molecule has 188 valence electrons. The first-order valence-electron chi connectivity index (χ1n) is 11.5. The molecule has 2 N–H and O–H groups in total.